The highest BCUT2D eigenvalue weighted by molar-refractivity contribution is 14.1. The number of hydrogen-bond donors (Lipinski definition) is 0. The van der Waals surface area contributed by atoms with Gasteiger partial charge in [-0.1, -0.05) is 45.5 Å². The van der Waals surface area contributed by atoms with Crippen molar-refractivity contribution < 1.29 is 14.3 Å². The first-order valence-electron chi connectivity index (χ1n) is 12.1. The number of carbonyl (C=O) groups excluding carboxylic acids is 1. The molecule has 0 aliphatic carbocycles. The second-order valence-corrected chi connectivity index (χ2v) is 12.8. The molecule has 3 heterocycles. The van der Waals surface area contributed by atoms with Crippen molar-refractivity contribution >= 4 is 73.2 Å². The average Bonchev–Trinajstić information content (AvgIpc) is 3.56. The number of fused-ring (bicyclic) bond motifs is 1. The zero-order valence-electron chi connectivity index (χ0n) is 21.3. The SMILES string of the molecule is CCOC(=O)C1=C(C)N=c2s/c(=C\c3cc(Br)cc(I)c3OCc3ccc(C#N)cc3)c(=O)n2[C@H]1c1cccs1. The van der Waals surface area contributed by atoms with Crippen molar-refractivity contribution in [3.05, 3.63) is 114 Å². The van der Waals surface area contributed by atoms with Gasteiger partial charge in [0.25, 0.3) is 5.56 Å². The van der Waals surface area contributed by atoms with Crippen molar-refractivity contribution in [3.8, 4) is 11.8 Å². The standard InChI is InChI=1S/C29H21BrIN3O4S2/c1-3-37-28(36)24-16(2)33-29-34(25(24)22-5-4-10-39-22)27(35)23(40-29)12-19-11-20(30)13-21(31)26(19)38-15-18-8-6-17(14-32)7-9-18/h4-13,25H,3,15H2,1-2H3/b23-12-/t25-/m0/s1. The van der Waals surface area contributed by atoms with Crippen LogP contribution in [0.5, 0.6) is 5.75 Å². The fourth-order valence-corrected chi connectivity index (χ4v) is 7.89. The Morgan fingerprint density at radius 3 is 2.73 bits per heavy atom. The van der Waals surface area contributed by atoms with E-state index in [0.717, 1.165) is 24.0 Å². The van der Waals surface area contributed by atoms with Gasteiger partial charge >= 0.3 is 5.97 Å². The first-order chi connectivity index (χ1) is 19.3. The van der Waals surface area contributed by atoms with Gasteiger partial charge in [-0.15, -0.1) is 11.3 Å². The topological polar surface area (TPSA) is 93.7 Å². The van der Waals surface area contributed by atoms with Crippen molar-refractivity contribution in [3.63, 3.8) is 0 Å². The van der Waals surface area contributed by atoms with Gasteiger partial charge in [0.05, 0.1) is 37.6 Å². The molecule has 0 unspecified atom stereocenters. The molecule has 5 rings (SSSR count). The minimum Gasteiger partial charge on any atom is -0.487 e. The van der Waals surface area contributed by atoms with Crippen LogP contribution in [0.15, 0.2) is 79.4 Å². The van der Waals surface area contributed by atoms with Crippen LogP contribution in [0.3, 0.4) is 0 Å². The Hall–Kier alpha value is -3.05. The van der Waals surface area contributed by atoms with Gasteiger partial charge < -0.3 is 9.47 Å². The van der Waals surface area contributed by atoms with Crippen LogP contribution in [0.4, 0.5) is 0 Å². The quantitative estimate of drug-likeness (QED) is 0.180. The Kier molecular flexibility index (Phi) is 8.70. The summed E-state index contributed by atoms with van der Waals surface area (Å²) in [6.45, 7) is 4.05. The third-order valence-corrected chi connectivity index (χ3v) is 9.29. The zero-order valence-corrected chi connectivity index (χ0v) is 26.7. The minimum absolute atomic E-state index is 0.226. The summed E-state index contributed by atoms with van der Waals surface area (Å²) >= 11 is 8.52. The average molecular weight is 746 g/mol. The second kappa shape index (κ2) is 12.2. The first-order valence-corrected chi connectivity index (χ1v) is 15.7. The largest absolute Gasteiger partial charge is 0.487 e. The van der Waals surface area contributed by atoms with Crippen molar-refractivity contribution in [2.24, 2.45) is 4.99 Å². The number of hydrogen-bond acceptors (Lipinski definition) is 8. The fourth-order valence-electron chi connectivity index (χ4n) is 4.32. The molecule has 0 fully saturated rings. The van der Waals surface area contributed by atoms with Crippen LogP contribution < -0.4 is 19.6 Å². The lowest BCUT2D eigenvalue weighted by molar-refractivity contribution is -0.139. The predicted octanol–water partition coefficient (Wildman–Crippen LogP) is 5.68. The first kappa shape index (κ1) is 28.5. The molecule has 1 atom stereocenters. The lowest BCUT2D eigenvalue weighted by Crippen LogP contribution is -2.39. The van der Waals surface area contributed by atoms with E-state index in [0.29, 0.717) is 38.5 Å². The van der Waals surface area contributed by atoms with Crippen LogP contribution in [0.1, 0.15) is 41.5 Å². The highest BCUT2D eigenvalue weighted by Crippen LogP contribution is 2.34. The van der Waals surface area contributed by atoms with Crippen molar-refractivity contribution in [2.45, 2.75) is 26.5 Å². The maximum atomic E-state index is 13.9. The number of carbonyl (C=O) groups is 1. The van der Waals surface area contributed by atoms with Gasteiger partial charge in [0.1, 0.15) is 18.4 Å². The molecule has 0 amide bonds. The molecule has 202 valence electrons. The molecule has 0 saturated heterocycles. The lowest BCUT2D eigenvalue weighted by Gasteiger charge is -2.23. The van der Waals surface area contributed by atoms with Crippen LogP contribution in [-0.2, 0) is 16.1 Å². The van der Waals surface area contributed by atoms with E-state index in [1.54, 1.807) is 36.6 Å². The van der Waals surface area contributed by atoms with E-state index in [4.69, 9.17) is 14.7 Å². The molecule has 0 spiro atoms. The summed E-state index contributed by atoms with van der Waals surface area (Å²) in [5, 5.41) is 11.0. The van der Waals surface area contributed by atoms with E-state index in [-0.39, 0.29) is 12.2 Å². The normalized spacial score (nSPS) is 14.9. The molecule has 7 nitrogen and oxygen atoms in total. The number of benzene rings is 2. The van der Waals surface area contributed by atoms with Crippen LogP contribution >= 0.6 is 61.2 Å². The van der Waals surface area contributed by atoms with Crippen LogP contribution in [0.2, 0.25) is 0 Å². The fraction of sp³-hybridized carbons (Fsp3) is 0.172. The number of nitrogens with zero attached hydrogens (tertiary/aromatic N) is 3. The predicted molar refractivity (Wildman–Crippen MR) is 167 cm³/mol. The smallest absolute Gasteiger partial charge is 0.338 e. The van der Waals surface area contributed by atoms with E-state index in [1.807, 2.05) is 41.8 Å². The van der Waals surface area contributed by atoms with Gasteiger partial charge in [0, 0.05) is 14.9 Å². The van der Waals surface area contributed by atoms with Crippen LogP contribution in [0, 0.1) is 14.9 Å². The summed E-state index contributed by atoms with van der Waals surface area (Å²) in [5.41, 5.74) is 2.89. The highest BCUT2D eigenvalue weighted by atomic mass is 127. The van der Waals surface area contributed by atoms with E-state index in [1.165, 1.54) is 22.7 Å². The molecular formula is C29H21BrIN3O4S2. The van der Waals surface area contributed by atoms with Crippen LogP contribution in [0.25, 0.3) is 6.08 Å². The number of ether oxygens (including phenoxy) is 2. The molecule has 40 heavy (non-hydrogen) atoms. The third kappa shape index (κ3) is 5.72. The van der Waals surface area contributed by atoms with Crippen molar-refractivity contribution in [2.75, 3.05) is 6.61 Å². The molecule has 0 radical (unpaired) electrons. The number of rotatable bonds is 7. The second-order valence-electron chi connectivity index (χ2n) is 8.72. The van der Waals surface area contributed by atoms with Gasteiger partial charge in [0.15, 0.2) is 4.80 Å². The van der Waals surface area contributed by atoms with Gasteiger partial charge in [-0.2, -0.15) is 5.26 Å². The molecule has 1 aliphatic heterocycles. The maximum absolute atomic E-state index is 13.9. The molecule has 1 aliphatic rings. The van der Waals surface area contributed by atoms with Crippen molar-refractivity contribution in [1.29, 1.82) is 5.26 Å². The Balaban J connectivity index is 1.60. The van der Waals surface area contributed by atoms with Crippen molar-refractivity contribution in [1.82, 2.24) is 4.57 Å². The summed E-state index contributed by atoms with van der Waals surface area (Å²) in [6.07, 6.45) is 1.81. The molecule has 2 aromatic carbocycles. The Morgan fingerprint density at radius 1 is 1.27 bits per heavy atom. The van der Waals surface area contributed by atoms with Gasteiger partial charge in [-0.3, -0.25) is 9.36 Å². The number of thiazole rings is 1. The lowest BCUT2D eigenvalue weighted by atomic mass is 10.0. The Morgan fingerprint density at radius 2 is 2.05 bits per heavy atom. The number of esters is 1. The number of thiophene rings is 1. The van der Waals surface area contributed by atoms with Crippen LogP contribution in [-0.4, -0.2) is 17.1 Å². The molecule has 2 aromatic heterocycles. The van der Waals surface area contributed by atoms with E-state index in [2.05, 4.69) is 49.6 Å². The zero-order chi connectivity index (χ0) is 28.4. The molecular weight excluding hydrogens is 725 g/mol. The molecule has 4 aromatic rings. The third-order valence-electron chi connectivity index (χ3n) is 6.12. The summed E-state index contributed by atoms with van der Waals surface area (Å²) in [4.78, 5) is 32.9. The molecule has 11 heteroatoms. The number of allylic oxidation sites excluding steroid dienone is 1. The molecule has 0 N–H and O–H groups in total. The Bertz CT molecular complexity index is 1850. The number of nitriles is 1. The summed E-state index contributed by atoms with van der Waals surface area (Å²) in [7, 11) is 0. The Labute approximate surface area is 260 Å². The number of halogens is 2. The summed E-state index contributed by atoms with van der Waals surface area (Å²) in [5.74, 6) is 0.161. The van der Waals surface area contributed by atoms with Gasteiger partial charge in [-0.05, 0) is 83.8 Å². The van der Waals surface area contributed by atoms with E-state index < -0.39 is 12.0 Å². The van der Waals surface area contributed by atoms with E-state index >= 15 is 0 Å². The van der Waals surface area contributed by atoms with E-state index in [9.17, 15) is 9.59 Å². The maximum Gasteiger partial charge on any atom is 0.338 e. The summed E-state index contributed by atoms with van der Waals surface area (Å²) < 4.78 is 15.3. The molecule has 0 saturated carbocycles. The minimum atomic E-state index is -0.618. The monoisotopic (exact) mass is 745 g/mol. The van der Waals surface area contributed by atoms with Gasteiger partial charge in [0.2, 0.25) is 0 Å². The van der Waals surface area contributed by atoms with Gasteiger partial charge in [-0.25, -0.2) is 9.79 Å². The summed E-state index contributed by atoms with van der Waals surface area (Å²) in [6, 6.07) is 16.4. The molecule has 0 bridgehead atoms. The number of aromatic nitrogens is 1. The highest BCUT2D eigenvalue weighted by Gasteiger charge is 2.34.